The van der Waals surface area contributed by atoms with E-state index in [1.807, 2.05) is 0 Å². The molecule has 0 aliphatic rings. The molecule has 3 aromatic rings. The average molecular weight is 366 g/mol. The number of aliphatic hydroxyl groups is 1. The number of nitrogens with one attached hydrogen (secondary N) is 1. The molecule has 3 rings (SSSR count). The highest BCUT2D eigenvalue weighted by molar-refractivity contribution is 5.51. The number of aromatic nitrogens is 4. The molecule has 138 valence electrons. The van der Waals surface area contributed by atoms with Crippen LogP contribution in [0.15, 0.2) is 29.1 Å². The Hall–Kier alpha value is -2.68. The quantitative estimate of drug-likeness (QED) is 0.743. The molecule has 0 aliphatic heterocycles. The lowest BCUT2D eigenvalue weighted by atomic mass is 9.99. The third-order valence-electron chi connectivity index (χ3n) is 4.19. The average Bonchev–Trinajstić information content (AvgIpc) is 2.92. The van der Waals surface area contributed by atoms with Crippen molar-refractivity contribution in [2.75, 3.05) is 6.61 Å². The zero-order valence-corrected chi connectivity index (χ0v) is 14.1. The number of nitrogens with zero attached hydrogens (tertiary/aromatic N) is 3. The molecule has 0 saturated heterocycles. The van der Waals surface area contributed by atoms with Gasteiger partial charge >= 0.3 is 6.18 Å². The highest BCUT2D eigenvalue weighted by atomic mass is 19.4. The van der Waals surface area contributed by atoms with E-state index in [9.17, 15) is 23.1 Å². The zero-order chi connectivity index (χ0) is 19.1. The molecule has 2 heterocycles. The van der Waals surface area contributed by atoms with Gasteiger partial charge in [-0.3, -0.25) is 4.79 Å². The van der Waals surface area contributed by atoms with Crippen LogP contribution in [0.1, 0.15) is 41.3 Å². The van der Waals surface area contributed by atoms with Crippen molar-refractivity contribution in [3.8, 4) is 0 Å². The number of alkyl halides is 3. The highest BCUT2D eigenvalue weighted by Crippen LogP contribution is 2.31. The van der Waals surface area contributed by atoms with Crippen LogP contribution in [0.2, 0.25) is 0 Å². The van der Waals surface area contributed by atoms with E-state index in [4.69, 9.17) is 0 Å². The second kappa shape index (κ2) is 6.56. The number of fused-ring (bicyclic) bond motifs is 1. The van der Waals surface area contributed by atoms with Crippen LogP contribution in [-0.4, -0.2) is 31.3 Å². The summed E-state index contributed by atoms with van der Waals surface area (Å²) in [4.78, 5) is 19.3. The topological polar surface area (TPSA) is 83.3 Å². The van der Waals surface area contributed by atoms with Gasteiger partial charge in [-0.2, -0.15) is 18.3 Å². The molecular formula is C17H17F3N4O2. The zero-order valence-electron chi connectivity index (χ0n) is 14.1. The van der Waals surface area contributed by atoms with Crippen LogP contribution < -0.4 is 5.56 Å². The van der Waals surface area contributed by atoms with E-state index in [0.29, 0.717) is 22.9 Å². The molecule has 0 unspecified atom stereocenters. The van der Waals surface area contributed by atoms with Gasteiger partial charge < -0.3 is 10.1 Å². The third-order valence-corrected chi connectivity index (χ3v) is 4.19. The van der Waals surface area contributed by atoms with Gasteiger partial charge in [0.1, 0.15) is 11.6 Å². The Balaban J connectivity index is 2.11. The Morgan fingerprint density at radius 2 is 1.92 bits per heavy atom. The van der Waals surface area contributed by atoms with Gasteiger partial charge in [-0.1, -0.05) is 19.1 Å². The van der Waals surface area contributed by atoms with Crippen LogP contribution in [0.4, 0.5) is 13.2 Å². The smallest absolute Gasteiger partial charge is 0.396 e. The number of aromatic amines is 1. The third kappa shape index (κ3) is 3.22. The molecule has 0 bridgehead atoms. The molecule has 0 saturated carbocycles. The maximum Gasteiger partial charge on any atom is 0.416 e. The lowest BCUT2D eigenvalue weighted by Crippen LogP contribution is -2.17. The summed E-state index contributed by atoms with van der Waals surface area (Å²) in [6.45, 7) is 3.21. The van der Waals surface area contributed by atoms with Crippen LogP contribution in [0.5, 0.6) is 0 Å². The summed E-state index contributed by atoms with van der Waals surface area (Å²) in [5, 5.41) is 13.5. The van der Waals surface area contributed by atoms with Crippen LogP contribution in [0, 0.1) is 6.92 Å². The molecular weight excluding hydrogens is 349 g/mol. The van der Waals surface area contributed by atoms with E-state index in [1.165, 1.54) is 16.6 Å². The first-order valence-electron chi connectivity index (χ1n) is 7.98. The minimum absolute atomic E-state index is 0.178. The van der Waals surface area contributed by atoms with Crippen LogP contribution in [0.3, 0.4) is 0 Å². The van der Waals surface area contributed by atoms with E-state index in [-0.39, 0.29) is 24.1 Å². The lowest BCUT2D eigenvalue weighted by Gasteiger charge is -2.12. The molecule has 1 aromatic carbocycles. The minimum Gasteiger partial charge on any atom is -0.396 e. The summed E-state index contributed by atoms with van der Waals surface area (Å²) < 4.78 is 39.6. The van der Waals surface area contributed by atoms with E-state index >= 15 is 0 Å². The largest absolute Gasteiger partial charge is 0.416 e. The van der Waals surface area contributed by atoms with Gasteiger partial charge in [-0.15, -0.1) is 0 Å². The maximum atomic E-state index is 12.7. The molecule has 0 aliphatic carbocycles. The second-order valence-corrected chi connectivity index (χ2v) is 6.03. The Kier molecular flexibility index (Phi) is 4.57. The van der Waals surface area contributed by atoms with Gasteiger partial charge in [0.25, 0.3) is 5.56 Å². The normalized spacial score (nSPS) is 13.3. The van der Waals surface area contributed by atoms with Gasteiger partial charge in [0.05, 0.1) is 11.3 Å². The molecule has 9 heteroatoms. The fourth-order valence-corrected chi connectivity index (χ4v) is 2.87. The maximum absolute atomic E-state index is 12.7. The lowest BCUT2D eigenvalue weighted by molar-refractivity contribution is -0.137. The Morgan fingerprint density at radius 1 is 1.27 bits per heavy atom. The van der Waals surface area contributed by atoms with Gasteiger partial charge in [-0.25, -0.2) is 9.50 Å². The number of aliphatic hydroxyl groups excluding tert-OH is 1. The van der Waals surface area contributed by atoms with Gasteiger partial charge in [0.2, 0.25) is 0 Å². The first kappa shape index (κ1) is 18.1. The Bertz CT molecular complexity index is 990. The van der Waals surface area contributed by atoms with E-state index in [2.05, 4.69) is 15.1 Å². The fraction of sp³-hybridized carbons (Fsp3) is 0.353. The summed E-state index contributed by atoms with van der Waals surface area (Å²) in [6, 6.07) is 4.81. The Morgan fingerprint density at radius 3 is 2.50 bits per heavy atom. The van der Waals surface area contributed by atoms with E-state index < -0.39 is 17.7 Å². The minimum atomic E-state index is -4.40. The van der Waals surface area contributed by atoms with Crippen molar-refractivity contribution in [3.63, 3.8) is 0 Å². The SMILES string of the molecule is Cc1nn2c([C@@H](C)c3ccc(C(F)(F)F)cc3)nc(CCO)c2c(=O)[nH]1. The molecule has 2 N–H and O–H groups in total. The summed E-state index contributed by atoms with van der Waals surface area (Å²) in [5.74, 6) is 0.416. The summed E-state index contributed by atoms with van der Waals surface area (Å²) in [5.41, 5.74) is 0.140. The molecule has 0 spiro atoms. The number of rotatable bonds is 4. The van der Waals surface area contributed by atoms with Gasteiger partial charge in [0.15, 0.2) is 5.52 Å². The number of halogens is 3. The predicted octanol–water partition coefficient (Wildman–Crippen LogP) is 2.43. The number of aryl methyl sites for hydroxylation is 1. The standard InChI is InChI=1S/C17H17F3N4O2/c1-9(11-3-5-12(6-4-11)17(18,19)20)15-22-13(7-8-25)14-16(26)21-10(2)23-24(14)15/h3-6,9,25H,7-8H2,1-2H3,(H,21,23,26)/t9-/m0/s1. The molecule has 1 atom stereocenters. The summed E-state index contributed by atoms with van der Waals surface area (Å²) in [7, 11) is 0. The van der Waals surface area contributed by atoms with Crippen LogP contribution in [0.25, 0.3) is 5.52 Å². The number of imidazole rings is 1. The second-order valence-electron chi connectivity index (χ2n) is 6.03. The first-order valence-corrected chi connectivity index (χ1v) is 7.98. The van der Waals surface area contributed by atoms with Crippen molar-refractivity contribution < 1.29 is 18.3 Å². The van der Waals surface area contributed by atoms with Crippen molar-refractivity contribution in [1.82, 2.24) is 19.6 Å². The highest BCUT2D eigenvalue weighted by Gasteiger charge is 2.30. The molecule has 6 nitrogen and oxygen atoms in total. The monoisotopic (exact) mass is 366 g/mol. The van der Waals surface area contributed by atoms with Crippen molar-refractivity contribution in [1.29, 1.82) is 0 Å². The summed E-state index contributed by atoms with van der Waals surface area (Å²) in [6.07, 6.45) is -4.22. The number of hydrogen-bond donors (Lipinski definition) is 2. The van der Waals surface area contributed by atoms with E-state index in [1.54, 1.807) is 13.8 Å². The molecule has 2 aromatic heterocycles. The fourth-order valence-electron chi connectivity index (χ4n) is 2.87. The van der Waals surface area contributed by atoms with Gasteiger partial charge in [0, 0.05) is 18.9 Å². The molecule has 0 amide bonds. The number of benzene rings is 1. The number of H-pyrrole nitrogens is 1. The number of hydrogen-bond acceptors (Lipinski definition) is 4. The summed E-state index contributed by atoms with van der Waals surface area (Å²) >= 11 is 0. The van der Waals surface area contributed by atoms with Crippen molar-refractivity contribution in [2.45, 2.75) is 32.4 Å². The van der Waals surface area contributed by atoms with Crippen LogP contribution >= 0.6 is 0 Å². The van der Waals surface area contributed by atoms with Crippen molar-refractivity contribution >= 4 is 5.52 Å². The van der Waals surface area contributed by atoms with E-state index in [0.717, 1.165) is 12.1 Å². The molecule has 0 fully saturated rings. The van der Waals surface area contributed by atoms with Crippen molar-refractivity contribution in [3.05, 3.63) is 63.1 Å². The van der Waals surface area contributed by atoms with Gasteiger partial charge in [-0.05, 0) is 24.6 Å². The van der Waals surface area contributed by atoms with Crippen molar-refractivity contribution in [2.24, 2.45) is 0 Å². The van der Waals surface area contributed by atoms with Crippen LogP contribution in [-0.2, 0) is 12.6 Å². The first-order chi connectivity index (χ1) is 12.2. The predicted molar refractivity (Wildman–Crippen MR) is 88.1 cm³/mol. The molecule has 0 radical (unpaired) electrons. The Labute approximate surface area is 146 Å². The molecule has 26 heavy (non-hydrogen) atoms.